The molecule has 230 valence electrons. The average molecular weight is 591 g/mol. The maximum Gasteiger partial charge on any atom is 0.326 e. The van der Waals surface area contributed by atoms with Gasteiger partial charge in [-0.25, -0.2) is 4.79 Å². The van der Waals surface area contributed by atoms with E-state index in [1.54, 1.807) is 12.3 Å². The first-order chi connectivity index (χ1) is 19.8. The lowest BCUT2D eigenvalue weighted by Gasteiger charge is -2.25. The Balaban J connectivity index is 2.27. The van der Waals surface area contributed by atoms with Crippen LogP contribution in [0.5, 0.6) is 0 Å². The van der Waals surface area contributed by atoms with Crippen molar-refractivity contribution in [2.45, 2.75) is 69.3 Å². The molecule has 0 bridgehead atoms. The quantitative estimate of drug-likeness (QED) is 0.0539. The lowest BCUT2D eigenvalue weighted by Crippen LogP contribution is -2.58. The zero-order chi connectivity index (χ0) is 31.4. The van der Waals surface area contributed by atoms with Crippen LogP contribution < -0.4 is 33.2 Å². The molecule has 0 aliphatic carbocycles. The molecule has 0 saturated carbocycles. The number of carboxylic acid groups (broad SMARTS) is 2. The Kier molecular flexibility index (Phi) is 12.7. The zero-order valence-corrected chi connectivity index (χ0v) is 23.1. The number of guanidine groups is 1. The van der Waals surface area contributed by atoms with Crippen molar-refractivity contribution < 1.29 is 39.3 Å². The summed E-state index contributed by atoms with van der Waals surface area (Å²) in [6, 6.07) is 1.75. The van der Waals surface area contributed by atoms with Crippen LogP contribution in [-0.2, 0) is 30.4 Å². The molecule has 0 aliphatic heterocycles. The van der Waals surface area contributed by atoms with Crippen LogP contribution in [0.2, 0.25) is 0 Å². The molecule has 0 spiro atoms. The molecule has 0 radical (unpaired) electrons. The highest BCUT2D eigenvalue weighted by Gasteiger charge is 2.31. The molecule has 0 fully saturated rings. The number of nitrogens with one attached hydrogen (secondary N) is 4. The van der Waals surface area contributed by atoms with E-state index in [0.29, 0.717) is 5.56 Å². The first kappa shape index (κ1) is 33.5. The summed E-state index contributed by atoms with van der Waals surface area (Å²) in [5, 5.41) is 36.5. The first-order valence-electron chi connectivity index (χ1n) is 13.2. The van der Waals surface area contributed by atoms with Crippen LogP contribution in [0.1, 0.15) is 38.2 Å². The topological polar surface area (TPSA) is 288 Å². The summed E-state index contributed by atoms with van der Waals surface area (Å²) < 4.78 is 0. The molecule has 0 aliphatic rings. The smallest absolute Gasteiger partial charge is 0.326 e. The number of carbonyl (C=O) groups excluding carboxylic acids is 3. The molecular formula is C26H38N8O8. The summed E-state index contributed by atoms with van der Waals surface area (Å²) in [5.74, 6) is -5.39. The van der Waals surface area contributed by atoms with Crippen LogP contribution >= 0.6 is 0 Å². The number of amides is 3. The number of H-pyrrole nitrogens is 1. The lowest BCUT2D eigenvalue weighted by molar-refractivity contribution is -0.143. The third kappa shape index (κ3) is 10.4. The number of aromatic amines is 1. The van der Waals surface area contributed by atoms with Gasteiger partial charge in [-0.2, -0.15) is 0 Å². The zero-order valence-electron chi connectivity index (χ0n) is 23.1. The molecule has 42 heavy (non-hydrogen) atoms. The van der Waals surface area contributed by atoms with Crippen LogP contribution in [0, 0.1) is 0 Å². The number of carboxylic acids is 2. The highest BCUT2D eigenvalue weighted by atomic mass is 16.4. The molecule has 3 amide bonds. The van der Waals surface area contributed by atoms with Crippen molar-refractivity contribution in [1.82, 2.24) is 20.9 Å². The Bertz CT molecular complexity index is 1290. The summed E-state index contributed by atoms with van der Waals surface area (Å²) in [4.78, 5) is 69.1. The molecule has 2 rings (SSSR count). The van der Waals surface area contributed by atoms with Gasteiger partial charge in [0.1, 0.15) is 24.2 Å². The van der Waals surface area contributed by atoms with Gasteiger partial charge in [0.25, 0.3) is 0 Å². The summed E-state index contributed by atoms with van der Waals surface area (Å²) in [6.07, 6.45) is -0.348. The van der Waals surface area contributed by atoms with Gasteiger partial charge in [-0.1, -0.05) is 18.2 Å². The minimum atomic E-state index is -1.46. The molecule has 0 saturated heterocycles. The van der Waals surface area contributed by atoms with Gasteiger partial charge < -0.3 is 53.5 Å². The highest BCUT2D eigenvalue weighted by Crippen LogP contribution is 2.19. The van der Waals surface area contributed by atoms with Gasteiger partial charge in [-0.05, 0) is 37.8 Å². The number of nitrogens with zero attached hydrogens (tertiary/aromatic N) is 1. The van der Waals surface area contributed by atoms with Gasteiger partial charge in [0.15, 0.2) is 5.96 Å². The minimum Gasteiger partial charge on any atom is -0.481 e. The highest BCUT2D eigenvalue weighted by molar-refractivity contribution is 5.95. The summed E-state index contributed by atoms with van der Waals surface area (Å²) in [6.45, 7) is 1.42. The summed E-state index contributed by atoms with van der Waals surface area (Å²) >= 11 is 0. The minimum absolute atomic E-state index is 0.0477. The van der Waals surface area contributed by atoms with Crippen LogP contribution in [0.25, 0.3) is 10.9 Å². The second kappa shape index (κ2) is 15.9. The molecule has 5 unspecified atom stereocenters. The van der Waals surface area contributed by atoms with Crippen molar-refractivity contribution in [2.75, 3.05) is 6.54 Å². The van der Waals surface area contributed by atoms with Crippen molar-refractivity contribution in [1.29, 1.82) is 0 Å². The van der Waals surface area contributed by atoms with E-state index >= 15 is 0 Å². The van der Waals surface area contributed by atoms with E-state index in [-0.39, 0.29) is 38.2 Å². The van der Waals surface area contributed by atoms with Gasteiger partial charge in [0.05, 0.1) is 6.10 Å². The van der Waals surface area contributed by atoms with E-state index in [0.717, 1.165) is 10.9 Å². The van der Waals surface area contributed by atoms with Crippen LogP contribution in [0.15, 0.2) is 35.5 Å². The third-order valence-electron chi connectivity index (χ3n) is 6.39. The number of aliphatic carboxylic acids is 2. The molecule has 2 aromatic rings. The van der Waals surface area contributed by atoms with Crippen molar-refractivity contribution in [3.63, 3.8) is 0 Å². The molecule has 5 atom stereocenters. The largest absolute Gasteiger partial charge is 0.481 e. The second-order valence-electron chi connectivity index (χ2n) is 9.73. The molecule has 13 N–H and O–H groups in total. The van der Waals surface area contributed by atoms with Crippen molar-refractivity contribution in [3.8, 4) is 0 Å². The van der Waals surface area contributed by atoms with E-state index in [2.05, 4.69) is 25.9 Å². The van der Waals surface area contributed by atoms with Gasteiger partial charge in [0, 0.05) is 36.5 Å². The number of para-hydroxylation sites is 1. The number of benzene rings is 1. The Morgan fingerprint density at radius 2 is 1.55 bits per heavy atom. The van der Waals surface area contributed by atoms with Gasteiger partial charge in [-0.3, -0.25) is 24.2 Å². The number of aromatic nitrogens is 1. The Labute approximate surface area is 241 Å². The molecule has 1 aromatic carbocycles. The molecule has 1 heterocycles. The molecular weight excluding hydrogens is 552 g/mol. The SMILES string of the molecule is CC(O)C(N)C(=O)NC(Cc1c[nH]c2ccccc12)C(=O)NC(CCC(=O)O)C(=O)NC(CCCN=C(N)N)C(=O)O. The predicted octanol–water partition coefficient (Wildman–Crippen LogP) is -2.12. The standard InChI is InChI=1S/C26H38N8O8/c1-13(35)21(27)24(40)34-19(11-14-12-31-16-6-3-2-5-15(14)16)23(39)32-17(8-9-20(36)37)22(38)33-18(25(41)42)7-4-10-30-26(28)29/h2-3,5-6,12-13,17-19,21,31,35H,4,7-11,27H2,1H3,(H,32,39)(H,33,38)(H,34,40)(H,36,37)(H,41,42)(H4,28,29,30). The van der Waals surface area contributed by atoms with Crippen LogP contribution in [-0.4, -0.2) is 92.7 Å². The average Bonchev–Trinajstić information content (AvgIpc) is 3.33. The van der Waals surface area contributed by atoms with E-state index < -0.39 is 66.4 Å². The Morgan fingerprint density at radius 1 is 0.929 bits per heavy atom. The number of aliphatic hydroxyl groups is 1. The predicted molar refractivity (Wildman–Crippen MR) is 152 cm³/mol. The first-order valence-corrected chi connectivity index (χ1v) is 13.2. The van der Waals surface area contributed by atoms with E-state index in [1.165, 1.54) is 6.92 Å². The van der Waals surface area contributed by atoms with E-state index in [4.69, 9.17) is 17.2 Å². The number of aliphatic imine (C=N–C) groups is 1. The van der Waals surface area contributed by atoms with Crippen molar-refractivity contribution >= 4 is 46.5 Å². The molecule has 1 aromatic heterocycles. The van der Waals surface area contributed by atoms with E-state index in [1.807, 2.05) is 18.2 Å². The van der Waals surface area contributed by atoms with Crippen molar-refractivity contribution in [3.05, 3.63) is 36.0 Å². The summed E-state index contributed by atoms with van der Waals surface area (Å²) in [7, 11) is 0. The Hall–Kier alpha value is -4.70. The van der Waals surface area contributed by atoms with Crippen LogP contribution in [0.3, 0.4) is 0 Å². The number of fused-ring (bicyclic) bond motifs is 1. The van der Waals surface area contributed by atoms with Crippen molar-refractivity contribution in [2.24, 2.45) is 22.2 Å². The number of rotatable bonds is 17. The Morgan fingerprint density at radius 3 is 2.17 bits per heavy atom. The normalized spacial score (nSPS) is 14.5. The molecule has 16 nitrogen and oxygen atoms in total. The number of carbonyl (C=O) groups is 5. The number of nitrogens with two attached hydrogens (primary N) is 3. The number of hydrogen-bond donors (Lipinski definition) is 10. The lowest BCUT2D eigenvalue weighted by atomic mass is 10.0. The third-order valence-corrected chi connectivity index (χ3v) is 6.39. The number of aliphatic hydroxyl groups excluding tert-OH is 1. The fourth-order valence-electron chi connectivity index (χ4n) is 4.06. The second-order valence-corrected chi connectivity index (χ2v) is 9.73. The fraction of sp³-hybridized carbons (Fsp3) is 0.462. The maximum atomic E-state index is 13.5. The summed E-state index contributed by atoms with van der Waals surface area (Å²) in [5.41, 5.74) is 17.7. The van der Waals surface area contributed by atoms with Gasteiger partial charge >= 0.3 is 11.9 Å². The maximum absolute atomic E-state index is 13.5. The van der Waals surface area contributed by atoms with E-state index in [9.17, 15) is 39.3 Å². The van der Waals surface area contributed by atoms with Crippen LogP contribution in [0.4, 0.5) is 0 Å². The monoisotopic (exact) mass is 590 g/mol. The number of hydrogen-bond acceptors (Lipinski definition) is 8. The van der Waals surface area contributed by atoms with Gasteiger partial charge in [0.2, 0.25) is 17.7 Å². The van der Waals surface area contributed by atoms with Gasteiger partial charge in [-0.15, -0.1) is 0 Å². The molecule has 16 heteroatoms. The fourth-order valence-corrected chi connectivity index (χ4v) is 4.06.